The minimum Gasteiger partial charge on any atom is -0.493 e. The number of ether oxygens (including phenoxy) is 2. The second kappa shape index (κ2) is 6.42. The normalized spacial score (nSPS) is 12.8. The fourth-order valence-electron chi connectivity index (χ4n) is 1.39. The van der Waals surface area contributed by atoms with Gasteiger partial charge in [0.1, 0.15) is 10.9 Å². The van der Waals surface area contributed by atoms with Crippen molar-refractivity contribution in [3.63, 3.8) is 0 Å². The molecule has 2 N–H and O–H groups in total. The molecule has 1 unspecified atom stereocenters. The van der Waals surface area contributed by atoms with Crippen molar-refractivity contribution in [3.8, 4) is 11.5 Å². The molecule has 1 rings (SSSR count). The van der Waals surface area contributed by atoms with Crippen LogP contribution in [0.2, 0.25) is 0 Å². The number of sulfonamides is 1. The SMILES string of the molecule is COc1cc(Br)c(S(=O)(=O)NC(C)C(=O)O)cc1OC. The molecule has 0 radical (unpaired) electrons. The lowest BCUT2D eigenvalue weighted by Crippen LogP contribution is -2.38. The van der Waals surface area contributed by atoms with E-state index >= 15 is 0 Å². The fraction of sp³-hybridized carbons (Fsp3) is 0.364. The predicted molar refractivity (Wildman–Crippen MR) is 74.7 cm³/mol. The molecule has 0 aliphatic carbocycles. The monoisotopic (exact) mass is 367 g/mol. The lowest BCUT2D eigenvalue weighted by atomic mass is 10.3. The van der Waals surface area contributed by atoms with Crippen molar-refractivity contribution >= 4 is 31.9 Å². The number of halogens is 1. The van der Waals surface area contributed by atoms with Gasteiger partial charge in [-0.15, -0.1) is 0 Å². The van der Waals surface area contributed by atoms with Crippen LogP contribution < -0.4 is 14.2 Å². The number of nitrogens with one attached hydrogen (secondary N) is 1. The topological polar surface area (TPSA) is 102 Å². The van der Waals surface area contributed by atoms with E-state index < -0.39 is 22.0 Å². The molecule has 20 heavy (non-hydrogen) atoms. The van der Waals surface area contributed by atoms with Crippen LogP contribution in [0.25, 0.3) is 0 Å². The van der Waals surface area contributed by atoms with Crippen LogP contribution in [-0.4, -0.2) is 39.8 Å². The zero-order chi connectivity index (χ0) is 15.5. The van der Waals surface area contributed by atoms with E-state index in [0.29, 0.717) is 5.75 Å². The van der Waals surface area contributed by atoms with Gasteiger partial charge in [-0.2, -0.15) is 4.72 Å². The van der Waals surface area contributed by atoms with Gasteiger partial charge < -0.3 is 14.6 Å². The number of rotatable bonds is 6. The van der Waals surface area contributed by atoms with Crippen LogP contribution in [-0.2, 0) is 14.8 Å². The molecule has 0 bridgehead atoms. The van der Waals surface area contributed by atoms with Gasteiger partial charge in [0.2, 0.25) is 10.0 Å². The minimum atomic E-state index is -4.01. The van der Waals surface area contributed by atoms with Crippen LogP contribution in [0.3, 0.4) is 0 Å². The van der Waals surface area contributed by atoms with Gasteiger partial charge in [-0.25, -0.2) is 8.42 Å². The van der Waals surface area contributed by atoms with Crippen molar-refractivity contribution < 1.29 is 27.8 Å². The maximum Gasteiger partial charge on any atom is 0.321 e. The van der Waals surface area contributed by atoms with Gasteiger partial charge in [0, 0.05) is 10.5 Å². The molecule has 1 aromatic rings. The summed E-state index contributed by atoms with van der Waals surface area (Å²) in [6.45, 7) is 1.23. The largest absolute Gasteiger partial charge is 0.493 e. The first kappa shape index (κ1) is 16.7. The van der Waals surface area contributed by atoms with Crippen LogP contribution in [0.4, 0.5) is 0 Å². The molecule has 112 valence electrons. The summed E-state index contributed by atoms with van der Waals surface area (Å²) in [5.74, 6) is -0.700. The highest BCUT2D eigenvalue weighted by Crippen LogP contribution is 2.35. The average Bonchev–Trinajstić information content (AvgIpc) is 2.37. The number of aliphatic carboxylic acids is 1. The standard InChI is InChI=1S/C11H14BrNO6S/c1-6(11(14)15)13-20(16,17)10-5-9(19-3)8(18-2)4-7(10)12/h4-6,13H,1-3H3,(H,14,15). The molecular weight excluding hydrogens is 354 g/mol. The molecule has 7 nitrogen and oxygen atoms in total. The molecule has 0 saturated carbocycles. The maximum atomic E-state index is 12.1. The summed E-state index contributed by atoms with van der Waals surface area (Å²) < 4.78 is 36.6. The zero-order valence-electron chi connectivity index (χ0n) is 11.0. The highest BCUT2D eigenvalue weighted by molar-refractivity contribution is 9.10. The van der Waals surface area contributed by atoms with Crippen molar-refractivity contribution in [2.24, 2.45) is 0 Å². The average molecular weight is 368 g/mol. The smallest absolute Gasteiger partial charge is 0.321 e. The number of carboxylic acid groups (broad SMARTS) is 1. The quantitative estimate of drug-likeness (QED) is 0.783. The number of benzene rings is 1. The Bertz CT molecular complexity index is 616. The van der Waals surface area contributed by atoms with Crippen LogP contribution >= 0.6 is 15.9 Å². The Kier molecular flexibility index (Phi) is 5.37. The Hall–Kier alpha value is -1.32. The van der Waals surface area contributed by atoms with Gasteiger partial charge in [-0.1, -0.05) is 0 Å². The highest BCUT2D eigenvalue weighted by atomic mass is 79.9. The Morgan fingerprint density at radius 1 is 1.30 bits per heavy atom. The van der Waals surface area contributed by atoms with Crippen molar-refractivity contribution in [1.82, 2.24) is 4.72 Å². The van der Waals surface area contributed by atoms with Crippen LogP contribution in [0.1, 0.15) is 6.92 Å². The van der Waals surface area contributed by atoms with E-state index in [1.807, 2.05) is 4.72 Å². The molecule has 1 atom stereocenters. The van der Waals surface area contributed by atoms with Gasteiger partial charge in [0.25, 0.3) is 0 Å². The van der Waals surface area contributed by atoms with Crippen molar-refractivity contribution in [1.29, 1.82) is 0 Å². The lowest BCUT2D eigenvalue weighted by Gasteiger charge is -2.14. The van der Waals surface area contributed by atoms with E-state index in [2.05, 4.69) is 15.9 Å². The summed E-state index contributed by atoms with van der Waals surface area (Å²) in [4.78, 5) is 10.6. The number of methoxy groups -OCH3 is 2. The van der Waals surface area contributed by atoms with Crippen molar-refractivity contribution in [3.05, 3.63) is 16.6 Å². The van der Waals surface area contributed by atoms with Crippen LogP contribution in [0.15, 0.2) is 21.5 Å². The van der Waals surface area contributed by atoms with Crippen LogP contribution in [0.5, 0.6) is 11.5 Å². The van der Waals surface area contributed by atoms with E-state index in [1.54, 1.807) is 0 Å². The molecule has 0 aliphatic rings. The number of hydrogen-bond acceptors (Lipinski definition) is 5. The molecule has 0 saturated heterocycles. The van der Waals surface area contributed by atoms with Crippen molar-refractivity contribution in [2.75, 3.05) is 14.2 Å². The fourth-order valence-corrected chi connectivity index (χ4v) is 3.62. The molecule has 1 aromatic carbocycles. The van der Waals surface area contributed by atoms with Gasteiger partial charge in [-0.3, -0.25) is 4.79 Å². The Labute approximate surface area is 125 Å². The van der Waals surface area contributed by atoms with Gasteiger partial charge >= 0.3 is 5.97 Å². The second-order valence-corrected chi connectivity index (χ2v) is 6.36. The summed E-state index contributed by atoms with van der Waals surface area (Å²) in [6, 6.07) is 1.43. The van der Waals surface area contributed by atoms with E-state index in [-0.39, 0.29) is 15.1 Å². The summed E-state index contributed by atoms with van der Waals surface area (Å²) in [5, 5.41) is 8.76. The first-order valence-electron chi connectivity index (χ1n) is 5.39. The summed E-state index contributed by atoms with van der Waals surface area (Å²) >= 11 is 3.11. The Morgan fingerprint density at radius 3 is 2.25 bits per heavy atom. The first-order valence-corrected chi connectivity index (χ1v) is 7.67. The van der Waals surface area contributed by atoms with Gasteiger partial charge in [0.15, 0.2) is 11.5 Å². The number of carbonyl (C=O) groups is 1. The molecule has 0 amide bonds. The maximum absolute atomic E-state index is 12.1. The molecule has 0 aromatic heterocycles. The van der Waals surface area contributed by atoms with Crippen molar-refractivity contribution in [2.45, 2.75) is 17.9 Å². The minimum absolute atomic E-state index is 0.136. The lowest BCUT2D eigenvalue weighted by molar-refractivity contribution is -0.138. The molecular formula is C11H14BrNO6S. The number of hydrogen-bond donors (Lipinski definition) is 2. The van der Waals surface area contributed by atoms with Gasteiger partial charge in [0.05, 0.1) is 14.2 Å². The third-order valence-corrected chi connectivity index (χ3v) is 4.93. The summed E-state index contributed by atoms with van der Waals surface area (Å²) in [6.07, 6.45) is 0. The van der Waals surface area contributed by atoms with E-state index in [0.717, 1.165) is 0 Å². The molecule has 9 heteroatoms. The molecule has 0 aliphatic heterocycles. The molecule has 0 heterocycles. The number of carboxylic acids is 1. The third-order valence-electron chi connectivity index (χ3n) is 2.43. The van der Waals surface area contributed by atoms with E-state index in [4.69, 9.17) is 14.6 Å². The highest BCUT2D eigenvalue weighted by Gasteiger charge is 2.25. The van der Waals surface area contributed by atoms with E-state index in [1.165, 1.54) is 33.3 Å². The summed E-state index contributed by atoms with van der Waals surface area (Å²) in [7, 11) is -1.22. The Morgan fingerprint density at radius 2 is 1.80 bits per heavy atom. The Balaban J connectivity index is 3.28. The molecule has 0 fully saturated rings. The van der Waals surface area contributed by atoms with Gasteiger partial charge in [-0.05, 0) is 28.9 Å². The predicted octanol–water partition coefficient (Wildman–Crippen LogP) is 1.22. The third kappa shape index (κ3) is 3.62. The first-order chi connectivity index (χ1) is 9.22. The summed E-state index contributed by atoms with van der Waals surface area (Å²) in [5.41, 5.74) is 0. The van der Waals surface area contributed by atoms with E-state index in [9.17, 15) is 13.2 Å². The van der Waals surface area contributed by atoms with Crippen LogP contribution in [0, 0.1) is 0 Å². The zero-order valence-corrected chi connectivity index (χ0v) is 13.4. The second-order valence-electron chi connectivity index (χ2n) is 3.82. The molecule has 0 spiro atoms.